The summed E-state index contributed by atoms with van der Waals surface area (Å²) < 4.78 is 0.189. The third-order valence-corrected chi connectivity index (χ3v) is 9.61. The van der Waals surface area contributed by atoms with Gasteiger partial charge in [0.25, 0.3) is 0 Å². The molecule has 2 aromatic carbocycles. The molecule has 0 bridgehead atoms. The second kappa shape index (κ2) is 11.9. The van der Waals surface area contributed by atoms with Gasteiger partial charge in [-0.25, -0.2) is 0 Å². The van der Waals surface area contributed by atoms with Crippen LogP contribution >= 0.6 is 11.8 Å². The maximum atomic E-state index is 8.81. The van der Waals surface area contributed by atoms with Gasteiger partial charge in [0.1, 0.15) is 0 Å². The predicted octanol–water partition coefficient (Wildman–Crippen LogP) is 8.49. The van der Waals surface area contributed by atoms with E-state index in [0.29, 0.717) is 0 Å². The Morgan fingerprint density at radius 2 is 1.59 bits per heavy atom. The average molecular weight is 538 g/mol. The SMILES string of the molecule is CC.Cc1ccc(CC2=CC3(C)CC3(C3=NC(C4=CC=C(c5ccc(C)cc5C)C4)=CC3)S2)cc1.O=CC=O. The van der Waals surface area contributed by atoms with Crippen LogP contribution in [0.1, 0.15) is 67.9 Å². The number of fused-ring (bicyclic) bond motifs is 1. The molecule has 0 spiro atoms. The van der Waals surface area contributed by atoms with Gasteiger partial charge >= 0.3 is 0 Å². The number of hydrogen-bond donors (Lipinski definition) is 0. The first kappa shape index (κ1) is 28.8. The van der Waals surface area contributed by atoms with Crippen molar-refractivity contribution in [3.8, 4) is 0 Å². The molecular weight excluding hydrogens is 498 g/mol. The minimum atomic E-state index is 0.189. The Balaban J connectivity index is 0.000000541. The number of rotatable bonds is 6. The van der Waals surface area contributed by atoms with Gasteiger partial charge in [-0.05, 0) is 59.9 Å². The fourth-order valence-corrected chi connectivity index (χ4v) is 7.75. The zero-order valence-corrected chi connectivity index (χ0v) is 24.8. The van der Waals surface area contributed by atoms with Crippen LogP contribution in [0.2, 0.25) is 0 Å². The molecule has 2 aliphatic heterocycles. The normalized spacial score (nSPS) is 24.0. The second-order valence-electron chi connectivity index (χ2n) is 10.8. The summed E-state index contributed by atoms with van der Waals surface area (Å²) in [7, 11) is 0. The van der Waals surface area contributed by atoms with E-state index in [9.17, 15) is 0 Å². The molecule has 39 heavy (non-hydrogen) atoms. The van der Waals surface area contributed by atoms with Crippen molar-refractivity contribution in [3.05, 3.63) is 111 Å². The first-order chi connectivity index (χ1) is 18.8. The van der Waals surface area contributed by atoms with Crippen molar-refractivity contribution in [2.75, 3.05) is 0 Å². The van der Waals surface area contributed by atoms with E-state index in [4.69, 9.17) is 14.6 Å². The summed E-state index contributed by atoms with van der Waals surface area (Å²) >= 11 is 2.09. The van der Waals surface area contributed by atoms with Gasteiger partial charge in [0, 0.05) is 30.4 Å². The summed E-state index contributed by atoms with van der Waals surface area (Å²) in [6.07, 6.45) is 14.2. The van der Waals surface area contributed by atoms with Crippen LogP contribution in [0.3, 0.4) is 0 Å². The fraction of sp³-hybridized carbons (Fsp3) is 0.343. The molecule has 0 amide bonds. The van der Waals surface area contributed by atoms with Crippen molar-refractivity contribution in [2.24, 2.45) is 10.4 Å². The molecule has 4 heteroatoms. The largest absolute Gasteiger partial charge is 0.295 e. The number of nitrogens with zero attached hydrogens (tertiary/aromatic N) is 1. The molecule has 2 aliphatic carbocycles. The molecule has 4 aliphatic rings. The van der Waals surface area contributed by atoms with Crippen molar-refractivity contribution in [1.82, 2.24) is 0 Å². The highest BCUT2D eigenvalue weighted by Crippen LogP contribution is 2.73. The molecular formula is C35H39NO2S. The number of hydrogen-bond acceptors (Lipinski definition) is 4. The molecule has 2 atom stereocenters. The number of carbonyl (C=O) groups excluding carboxylic acids is 2. The lowest BCUT2D eigenvalue weighted by atomic mass is 9.96. The number of thioether (sulfide) groups is 1. The molecule has 0 aromatic heterocycles. The second-order valence-corrected chi connectivity index (χ2v) is 12.2. The Bertz CT molecular complexity index is 1420. The van der Waals surface area contributed by atoms with Gasteiger partial charge in [0.05, 0.1) is 10.4 Å². The van der Waals surface area contributed by atoms with Gasteiger partial charge in [-0.15, -0.1) is 11.8 Å². The van der Waals surface area contributed by atoms with Crippen LogP contribution in [0, 0.1) is 26.2 Å². The summed E-state index contributed by atoms with van der Waals surface area (Å²) in [5.74, 6) is 0. The van der Waals surface area contributed by atoms with E-state index in [2.05, 4.69) is 106 Å². The maximum Gasteiger partial charge on any atom is 0.182 e. The van der Waals surface area contributed by atoms with Crippen LogP contribution < -0.4 is 0 Å². The molecule has 2 aromatic rings. The molecule has 6 rings (SSSR count). The Morgan fingerprint density at radius 1 is 0.923 bits per heavy atom. The lowest BCUT2D eigenvalue weighted by molar-refractivity contribution is -0.122. The van der Waals surface area contributed by atoms with Crippen molar-refractivity contribution in [2.45, 2.75) is 72.0 Å². The monoisotopic (exact) mass is 537 g/mol. The molecule has 0 saturated heterocycles. The molecule has 2 heterocycles. The third kappa shape index (κ3) is 5.86. The molecule has 0 radical (unpaired) electrons. The van der Waals surface area contributed by atoms with E-state index >= 15 is 0 Å². The van der Waals surface area contributed by atoms with E-state index in [-0.39, 0.29) is 22.7 Å². The molecule has 1 saturated carbocycles. The number of carbonyl (C=O) groups is 2. The number of aryl methyl sites for hydroxylation is 3. The van der Waals surface area contributed by atoms with Crippen molar-refractivity contribution < 1.29 is 9.59 Å². The Labute approximate surface area is 237 Å². The smallest absolute Gasteiger partial charge is 0.182 e. The Hall–Kier alpha value is -3.24. The lowest BCUT2D eigenvalue weighted by Gasteiger charge is -2.16. The van der Waals surface area contributed by atoms with Crippen molar-refractivity contribution in [1.29, 1.82) is 0 Å². The maximum absolute atomic E-state index is 8.81. The zero-order chi connectivity index (χ0) is 28.2. The van der Waals surface area contributed by atoms with E-state index in [0.717, 1.165) is 19.3 Å². The van der Waals surface area contributed by atoms with Crippen LogP contribution in [0.4, 0.5) is 0 Å². The van der Waals surface area contributed by atoms with Crippen molar-refractivity contribution in [3.63, 3.8) is 0 Å². The van der Waals surface area contributed by atoms with Gasteiger partial charge in [-0.2, -0.15) is 0 Å². The summed E-state index contributed by atoms with van der Waals surface area (Å²) in [5.41, 5.74) is 12.5. The molecule has 1 fully saturated rings. The Morgan fingerprint density at radius 3 is 2.26 bits per heavy atom. The summed E-state index contributed by atoms with van der Waals surface area (Å²) in [6.45, 7) is 13.0. The van der Waals surface area contributed by atoms with Crippen LogP contribution in [0.15, 0.2) is 87.9 Å². The van der Waals surface area contributed by atoms with Gasteiger partial charge < -0.3 is 0 Å². The van der Waals surface area contributed by atoms with Crippen LogP contribution in [-0.2, 0) is 16.0 Å². The first-order valence-corrected chi connectivity index (χ1v) is 14.7. The fourth-order valence-electron chi connectivity index (χ4n) is 5.83. The van der Waals surface area contributed by atoms with Crippen molar-refractivity contribution >= 4 is 35.6 Å². The first-order valence-electron chi connectivity index (χ1n) is 13.9. The summed E-state index contributed by atoms with van der Waals surface area (Å²) in [5, 5.41) is 0. The third-order valence-electron chi connectivity index (χ3n) is 7.89. The zero-order valence-electron chi connectivity index (χ0n) is 24.0. The van der Waals surface area contributed by atoms with Gasteiger partial charge in [0.15, 0.2) is 12.6 Å². The Kier molecular flexibility index (Phi) is 8.76. The standard InChI is InChI=1S/C31H31NS.C2H2O2.C2H6/c1-20-5-8-23(9-6-20)16-26-18-30(4)19-31(30,33-26)29-14-13-28(32-29)25-11-10-24(17-25)27-12-7-21(2)15-22(27)3;3-1-2-4;1-2/h5-13,15,18H,14,16-17,19H2,1-4H3;1-2H;1-2H3. The molecule has 0 N–H and O–H groups in total. The predicted molar refractivity (Wildman–Crippen MR) is 166 cm³/mol. The highest BCUT2D eigenvalue weighted by atomic mass is 32.2. The quantitative estimate of drug-likeness (QED) is 0.274. The van der Waals surface area contributed by atoms with Gasteiger partial charge in [0.2, 0.25) is 0 Å². The molecule has 3 nitrogen and oxygen atoms in total. The number of aldehydes is 2. The number of allylic oxidation sites excluding steroid dienone is 7. The van der Waals surface area contributed by atoms with E-state index < -0.39 is 0 Å². The average Bonchev–Trinajstić information content (AvgIpc) is 3.41. The van der Waals surface area contributed by atoms with Crippen LogP contribution in [0.25, 0.3) is 5.57 Å². The van der Waals surface area contributed by atoms with E-state index in [1.807, 2.05) is 13.8 Å². The minimum absolute atomic E-state index is 0.189. The highest BCUT2D eigenvalue weighted by molar-refractivity contribution is 8.05. The minimum Gasteiger partial charge on any atom is -0.295 e. The van der Waals surface area contributed by atoms with Gasteiger partial charge in [-0.1, -0.05) is 98.7 Å². The summed E-state index contributed by atoms with van der Waals surface area (Å²) in [4.78, 5) is 24.4. The molecule has 202 valence electrons. The van der Waals surface area contributed by atoms with Crippen LogP contribution in [0.5, 0.6) is 0 Å². The number of benzene rings is 2. The lowest BCUT2D eigenvalue weighted by Crippen LogP contribution is -2.21. The molecule has 2 unspecified atom stereocenters. The van der Waals surface area contributed by atoms with Gasteiger partial charge in [-0.3, -0.25) is 14.6 Å². The summed E-state index contributed by atoms with van der Waals surface area (Å²) in [6, 6.07) is 15.8. The topological polar surface area (TPSA) is 46.5 Å². The van der Waals surface area contributed by atoms with E-state index in [1.165, 1.54) is 61.7 Å². The van der Waals surface area contributed by atoms with E-state index in [1.54, 1.807) is 0 Å². The van der Waals surface area contributed by atoms with Crippen LogP contribution in [-0.4, -0.2) is 23.0 Å². The highest BCUT2D eigenvalue weighted by Gasteiger charge is 2.69. The number of aliphatic imine (C=N–C) groups is 1.